The zero-order valence-corrected chi connectivity index (χ0v) is 21.0. The van der Waals surface area contributed by atoms with Gasteiger partial charge in [-0.15, -0.1) is 0 Å². The van der Waals surface area contributed by atoms with E-state index in [2.05, 4.69) is 0 Å². The predicted octanol–water partition coefficient (Wildman–Crippen LogP) is 3.81. The maximum atomic E-state index is 13.9. The van der Waals surface area contributed by atoms with E-state index in [1.54, 1.807) is 36.4 Å². The van der Waals surface area contributed by atoms with Gasteiger partial charge in [0.25, 0.3) is 0 Å². The van der Waals surface area contributed by atoms with E-state index in [0.29, 0.717) is 0 Å². The lowest BCUT2D eigenvalue weighted by molar-refractivity contribution is -0.282. The van der Waals surface area contributed by atoms with Crippen LogP contribution < -0.4 is 9.05 Å². The van der Waals surface area contributed by atoms with Crippen molar-refractivity contribution >= 4 is 25.7 Å². The molecule has 3 rings (SSSR count). The zero-order chi connectivity index (χ0) is 26.3. The van der Waals surface area contributed by atoms with Crippen molar-refractivity contribution in [1.29, 1.82) is 0 Å². The van der Waals surface area contributed by atoms with Crippen LogP contribution in [0.1, 0.15) is 27.7 Å². The number of para-hydroxylation sites is 2. The van der Waals surface area contributed by atoms with Crippen LogP contribution in [-0.4, -0.2) is 48.6 Å². The van der Waals surface area contributed by atoms with Crippen molar-refractivity contribution in [2.24, 2.45) is 0 Å². The first-order valence-electron chi connectivity index (χ1n) is 11.0. The van der Waals surface area contributed by atoms with Crippen LogP contribution in [0.4, 0.5) is 0 Å². The molecule has 0 radical (unpaired) electrons. The molecule has 0 bridgehead atoms. The normalized spacial score (nSPS) is 23.7. The zero-order valence-electron chi connectivity index (χ0n) is 20.1. The van der Waals surface area contributed by atoms with Crippen LogP contribution in [0.15, 0.2) is 60.7 Å². The van der Waals surface area contributed by atoms with Crippen molar-refractivity contribution in [2.45, 2.75) is 58.4 Å². The van der Waals surface area contributed by atoms with Gasteiger partial charge in [0.05, 0.1) is 6.10 Å². The van der Waals surface area contributed by atoms with Gasteiger partial charge in [0.2, 0.25) is 6.29 Å². The minimum atomic E-state index is -4.51. The summed E-state index contributed by atoms with van der Waals surface area (Å²) in [7, 11) is -4.51. The van der Waals surface area contributed by atoms with E-state index in [0.717, 1.165) is 20.8 Å². The number of phosphoric acid groups is 1. The molecule has 1 fully saturated rings. The van der Waals surface area contributed by atoms with Gasteiger partial charge in [-0.1, -0.05) is 36.4 Å². The van der Waals surface area contributed by atoms with E-state index in [-0.39, 0.29) is 11.5 Å². The van der Waals surface area contributed by atoms with Gasteiger partial charge in [-0.2, -0.15) is 0 Å². The van der Waals surface area contributed by atoms with Crippen molar-refractivity contribution in [3.05, 3.63) is 60.7 Å². The quantitative estimate of drug-likeness (QED) is 0.270. The molecule has 0 aromatic heterocycles. The van der Waals surface area contributed by atoms with Crippen LogP contribution in [0.25, 0.3) is 0 Å². The Hall–Kier alpha value is -3.40. The number of hydrogen-bond acceptors (Lipinski definition) is 11. The van der Waals surface area contributed by atoms with Gasteiger partial charge in [-0.05, 0) is 31.2 Å². The minimum Gasteiger partial charge on any atom is -0.456 e. The Morgan fingerprint density at radius 1 is 0.694 bits per heavy atom. The highest BCUT2D eigenvalue weighted by Gasteiger charge is 2.54. The van der Waals surface area contributed by atoms with Crippen LogP contribution in [0.3, 0.4) is 0 Å². The number of carbonyl (C=O) groups is 3. The lowest BCUT2D eigenvalue weighted by Gasteiger charge is -2.43. The second-order valence-electron chi connectivity index (χ2n) is 7.79. The van der Waals surface area contributed by atoms with E-state index < -0.39 is 56.4 Å². The topological polar surface area (TPSA) is 133 Å². The Morgan fingerprint density at radius 3 is 1.56 bits per heavy atom. The SMILES string of the molecule is CC(=O)O[C@H]1[C@H](OC(C)=O)[C@@H](OP(=O)(Oc2ccccc2)Oc2ccccc2)O[C@@H](C)[C@H]1OC(C)=O. The van der Waals surface area contributed by atoms with Gasteiger partial charge in [0.1, 0.15) is 11.5 Å². The molecule has 11 nitrogen and oxygen atoms in total. The van der Waals surface area contributed by atoms with Crippen LogP contribution in [0, 0.1) is 0 Å². The number of esters is 3. The maximum Gasteiger partial charge on any atom is 0.590 e. The molecule has 194 valence electrons. The molecule has 2 aromatic rings. The molecule has 0 N–H and O–H groups in total. The number of rotatable bonds is 9. The van der Waals surface area contributed by atoms with Crippen LogP contribution >= 0.6 is 7.82 Å². The third kappa shape index (κ3) is 7.55. The summed E-state index contributed by atoms with van der Waals surface area (Å²) in [4.78, 5) is 35.5. The number of phosphoric ester groups is 1. The smallest absolute Gasteiger partial charge is 0.456 e. The van der Waals surface area contributed by atoms with Crippen LogP contribution in [0.5, 0.6) is 11.5 Å². The van der Waals surface area contributed by atoms with E-state index in [1.807, 2.05) is 0 Å². The first-order chi connectivity index (χ1) is 17.1. The van der Waals surface area contributed by atoms with Gasteiger partial charge in [-0.25, -0.2) is 9.09 Å². The number of benzene rings is 2. The molecule has 0 unspecified atom stereocenters. The lowest BCUT2D eigenvalue weighted by Crippen LogP contribution is -2.61. The average molecular weight is 522 g/mol. The van der Waals surface area contributed by atoms with Gasteiger partial charge < -0.3 is 28.0 Å². The molecule has 1 aliphatic heterocycles. The number of hydrogen-bond donors (Lipinski definition) is 0. The largest absolute Gasteiger partial charge is 0.590 e. The second kappa shape index (κ2) is 12.0. The number of ether oxygens (including phenoxy) is 4. The molecule has 0 spiro atoms. The van der Waals surface area contributed by atoms with Crippen molar-refractivity contribution in [1.82, 2.24) is 0 Å². The summed E-state index contributed by atoms with van der Waals surface area (Å²) in [5.74, 6) is -1.88. The Bertz CT molecular complexity index is 1050. The second-order valence-corrected chi connectivity index (χ2v) is 9.26. The summed E-state index contributed by atoms with van der Waals surface area (Å²) in [6, 6.07) is 16.2. The van der Waals surface area contributed by atoms with E-state index in [9.17, 15) is 18.9 Å². The van der Waals surface area contributed by atoms with Crippen molar-refractivity contribution < 1.29 is 51.5 Å². The van der Waals surface area contributed by atoms with Crippen LogP contribution in [0.2, 0.25) is 0 Å². The monoisotopic (exact) mass is 522 g/mol. The molecule has 1 saturated heterocycles. The Balaban J connectivity index is 1.98. The molecular weight excluding hydrogens is 495 g/mol. The van der Waals surface area contributed by atoms with E-state index >= 15 is 0 Å². The predicted molar refractivity (Wildman–Crippen MR) is 124 cm³/mol. The van der Waals surface area contributed by atoms with Crippen LogP contribution in [-0.2, 0) is 42.4 Å². The third-order valence-electron chi connectivity index (χ3n) is 4.79. The van der Waals surface area contributed by atoms with Gasteiger partial charge >= 0.3 is 25.7 Å². The summed E-state index contributed by atoms with van der Waals surface area (Å²) >= 11 is 0. The molecule has 0 aliphatic carbocycles. The molecule has 2 aromatic carbocycles. The summed E-state index contributed by atoms with van der Waals surface area (Å²) in [6.07, 6.45) is -6.51. The van der Waals surface area contributed by atoms with Crippen molar-refractivity contribution in [2.75, 3.05) is 0 Å². The molecule has 0 saturated carbocycles. The Kier molecular flexibility index (Phi) is 9.08. The highest BCUT2D eigenvalue weighted by atomic mass is 31.2. The fraction of sp³-hybridized carbons (Fsp3) is 0.375. The fourth-order valence-electron chi connectivity index (χ4n) is 3.46. The number of carbonyl (C=O) groups excluding carboxylic acids is 3. The molecule has 12 heteroatoms. The fourth-order valence-corrected chi connectivity index (χ4v) is 4.77. The van der Waals surface area contributed by atoms with Crippen molar-refractivity contribution in [3.8, 4) is 11.5 Å². The van der Waals surface area contributed by atoms with Gasteiger partial charge in [-0.3, -0.25) is 14.4 Å². The van der Waals surface area contributed by atoms with Gasteiger partial charge in [0.15, 0.2) is 18.3 Å². The van der Waals surface area contributed by atoms with Crippen molar-refractivity contribution in [3.63, 3.8) is 0 Å². The Labute approximate surface area is 208 Å². The Morgan fingerprint density at radius 2 is 1.11 bits per heavy atom. The first kappa shape index (κ1) is 27.2. The summed E-state index contributed by atoms with van der Waals surface area (Å²) in [6.45, 7) is 4.93. The van der Waals surface area contributed by atoms with Gasteiger partial charge in [0, 0.05) is 20.8 Å². The molecule has 1 heterocycles. The average Bonchev–Trinajstić information content (AvgIpc) is 2.79. The van der Waals surface area contributed by atoms with E-state index in [4.69, 9.17) is 32.5 Å². The minimum absolute atomic E-state index is 0.166. The molecule has 5 atom stereocenters. The molecule has 36 heavy (non-hydrogen) atoms. The summed E-state index contributed by atoms with van der Waals surface area (Å²) < 4.78 is 52.5. The molecule has 1 aliphatic rings. The molecule has 0 amide bonds. The maximum absolute atomic E-state index is 13.9. The summed E-state index contributed by atoms with van der Waals surface area (Å²) in [5.41, 5.74) is 0. The standard InChI is InChI=1S/C24H27O11P/c1-15-21(30-16(2)25)22(31-17(3)26)23(32-18(4)27)24(29-15)35-36(28,33-19-11-7-5-8-12-19)34-20-13-9-6-10-14-20/h5-15,21-24H,1-4H3/t15-,21+,22+,23-,24+/m0/s1. The van der Waals surface area contributed by atoms with E-state index in [1.165, 1.54) is 31.2 Å². The third-order valence-corrected chi connectivity index (χ3v) is 6.12. The first-order valence-corrected chi connectivity index (χ1v) is 12.5. The highest BCUT2D eigenvalue weighted by Crippen LogP contribution is 2.52. The highest BCUT2D eigenvalue weighted by molar-refractivity contribution is 7.49. The molecular formula is C24H27O11P. The summed E-state index contributed by atoms with van der Waals surface area (Å²) in [5, 5.41) is 0. The lowest BCUT2D eigenvalue weighted by atomic mass is 9.99.